The molecule has 8 heteroatoms. The number of carbonyl (C=O) groups excluding carboxylic acids is 1. The fourth-order valence-corrected chi connectivity index (χ4v) is 3.10. The Balaban J connectivity index is 1.58. The van der Waals surface area contributed by atoms with Crippen LogP contribution in [0.15, 0.2) is 53.0 Å². The number of ether oxygens (including phenoxy) is 1. The molecule has 2 heterocycles. The number of hydrogen-bond acceptors (Lipinski definition) is 6. The molecular formula is C17H14ClN3O2S2. The molecule has 3 rings (SSSR count). The van der Waals surface area contributed by atoms with Crippen molar-refractivity contribution < 1.29 is 9.53 Å². The van der Waals surface area contributed by atoms with Gasteiger partial charge in [0.1, 0.15) is 23.1 Å². The van der Waals surface area contributed by atoms with E-state index >= 15 is 0 Å². The van der Waals surface area contributed by atoms with Crippen LogP contribution >= 0.6 is 34.7 Å². The standard InChI is InChI=1S/C17H14ClN3O2S2/c1-24-15-7-4-12(8-19-15)20-17(22)14-10-25-16(21-14)9-23-13-5-2-11(18)3-6-13/h2-8,10H,9H2,1H3,(H,20,22). The third-order valence-electron chi connectivity index (χ3n) is 3.16. The van der Waals surface area contributed by atoms with Crippen molar-refractivity contribution in [1.82, 2.24) is 9.97 Å². The van der Waals surface area contributed by atoms with Gasteiger partial charge in [-0.2, -0.15) is 0 Å². The Hall–Kier alpha value is -2.09. The van der Waals surface area contributed by atoms with Gasteiger partial charge in [0.05, 0.1) is 16.9 Å². The van der Waals surface area contributed by atoms with Crippen LogP contribution in [0.3, 0.4) is 0 Å². The molecule has 5 nitrogen and oxygen atoms in total. The molecule has 0 saturated heterocycles. The molecule has 0 spiro atoms. The summed E-state index contributed by atoms with van der Waals surface area (Å²) in [5, 5.41) is 6.76. The fourth-order valence-electron chi connectivity index (χ4n) is 1.93. The zero-order valence-corrected chi connectivity index (χ0v) is 15.6. The van der Waals surface area contributed by atoms with E-state index in [1.807, 2.05) is 18.4 Å². The lowest BCUT2D eigenvalue weighted by Crippen LogP contribution is -2.12. The Morgan fingerprint density at radius 2 is 2.08 bits per heavy atom. The molecule has 0 aliphatic heterocycles. The van der Waals surface area contributed by atoms with Gasteiger partial charge in [-0.1, -0.05) is 11.6 Å². The van der Waals surface area contributed by atoms with Gasteiger partial charge in [-0.25, -0.2) is 9.97 Å². The maximum absolute atomic E-state index is 12.2. The third kappa shape index (κ3) is 4.94. The number of pyridine rings is 1. The minimum absolute atomic E-state index is 0.271. The highest BCUT2D eigenvalue weighted by Gasteiger charge is 2.12. The van der Waals surface area contributed by atoms with Crippen LogP contribution in [0.5, 0.6) is 5.75 Å². The number of amides is 1. The largest absolute Gasteiger partial charge is 0.486 e. The zero-order chi connectivity index (χ0) is 17.6. The fraction of sp³-hybridized carbons (Fsp3) is 0.118. The molecule has 0 radical (unpaired) electrons. The lowest BCUT2D eigenvalue weighted by Gasteiger charge is -2.04. The highest BCUT2D eigenvalue weighted by molar-refractivity contribution is 7.98. The SMILES string of the molecule is CSc1ccc(NC(=O)c2csc(COc3ccc(Cl)cc3)n2)cn1. The van der Waals surface area contributed by atoms with E-state index in [0.29, 0.717) is 28.8 Å². The summed E-state index contributed by atoms with van der Waals surface area (Å²) in [4.78, 5) is 20.8. The summed E-state index contributed by atoms with van der Waals surface area (Å²) in [6.07, 6.45) is 3.57. The smallest absolute Gasteiger partial charge is 0.275 e. The van der Waals surface area contributed by atoms with Crippen molar-refractivity contribution in [1.29, 1.82) is 0 Å². The highest BCUT2D eigenvalue weighted by Crippen LogP contribution is 2.19. The Morgan fingerprint density at radius 1 is 1.28 bits per heavy atom. The van der Waals surface area contributed by atoms with Crippen molar-refractivity contribution in [3.05, 3.63) is 63.7 Å². The third-order valence-corrected chi connectivity index (χ3v) is 4.90. The quantitative estimate of drug-likeness (QED) is 0.614. The number of hydrogen-bond donors (Lipinski definition) is 1. The summed E-state index contributed by atoms with van der Waals surface area (Å²) < 4.78 is 5.63. The summed E-state index contributed by atoms with van der Waals surface area (Å²) in [5.41, 5.74) is 0.989. The molecule has 1 amide bonds. The zero-order valence-electron chi connectivity index (χ0n) is 13.2. The summed E-state index contributed by atoms with van der Waals surface area (Å²) >= 11 is 8.75. The monoisotopic (exact) mass is 391 g/mol. The number of carbonyl (C=O) groups is 1. The van der Waals surface area contributed by atoms with Crippen LogP contribution in [0.4, 0.5) is 5.69 Å². The summed E-state index contributed by atoms with van der Waals surface area (Å²) in [6.45, 7) is 0.295. The second kappa shape index (κ2) is 8.33. The van der Waals surface area contributed by atoms with E-state index in [4.69, 9.17) is 16.3 Å². The van der Waals surface area contributed by atoms with Gasteiger partial charge >= 0.3 is 0 Å². The van der Waals surface area contributed by atoms with E-state index in [0.717, 1.165) is 10.0 Å². The molecular weight excluding hydrogens is 378 g/mol. The molecule has 3 aromatic rings. The molecule has 1 N–H and O–H groups in total. The number of nitrogens with zero attached hydrogens (tertiary/aromatic N) is 2. The molecule has 2 aromatic heterocycles. The van der Waals surface area contributed by atoms with Gasteiger partial charge in [-0.3, -0.25) is 4.79 Å². The van der Waals surface area contributed by atoms with E-state index in [1.165, 1.54) is 11.3 Å². The average Bonchev–Trinajstić information content (AvgIpc) is 3.11. The van der Waals surface area contributed by atoms with Crippen molar-refractivity contribution in [2.45, 2.75) is 11.6 Å². The molecule has 1 aromatic carbocycles. The first-order chi connectivity index (χ1) is 12.1. The number of thiazole rings is 1. The van der Waals surface area contributed by atoms with Crippen LogP contribution in [0.25, 0.3) is 0 Å². The number of anilines is 1. The van der Waals surface area contributed by atoms with E-state index in [2.05, 4.69) is 15.3 Å². The number of nitrogens with one attached hydrogen (secondary N) is 1. The van der Waals surface area contributed by atoms with E-state index in [9.17, 15) is 4.79 Å². The summed E-state index contributed by atoms with van der Waals surface area (Å²) in [5.74, 6) is 0.429. The highest BCUT2D eigenvalue weighted by atomic mass is 35.5. The van der Waals surface area contributed by atoms with Crippen molar-refractivity contribution in [3.63, 3.8) is 0 Å². The molecule has 128 valence electrons. The predicted octanol–water partition coefficient (Wildman–Crippen LogP) is 4.74. The number of aromatic nitrogens is 2. The van der Waals surface area contributed by atoms with Gasteiger partial charge in [0.15, 0.2) is 0 Å². The molecule has 0 aliphatic rings. The van der Waals surface area contributed by atoms with E-state index in [1.54, 1.807) is 47.6 Å². The number of benzene rings is 1. The Morgan fingerprint density at radius 3 is 2.76 bits per heavy atom. The van der Waals surface area contributed by atoms with Crippen molar-refractivity contribution in [2.75, 3.05) is 11.6 Å². The van der Waals surface area contributed by atoms with Crippen molar-refractivity contribution in [3.8, 4) is 5.75 Å². The molecule has 0 aliphatic carbocycles. The van der Waals surface area contributed by atoms with Crippen LogP contribution in [0, 0.1) is 0 Å². The van der Waals surface area contributed by atoms with Crippen molar-refractivity contribution in [2.24, 2.45) is 0 Å². The molecule has 0 unspecified atom stereocenters. The van der Waals surface area contributed by atoms with Gasteiger partial charge < -0.3 is 10.1 Å². The van der Waals surface area contributed by atoms with E-state index in [-0.39, 0.29) is 5.91 Å². The molecule has 0 saturated carbocycles. The lowest BCUT2D eigenvalue weighted by atomic mass is 10.3. The normalized spacial score (nSPS) is 10.5. The van der Waals surface area contributed by atoms with Gasteiger partial charge in [0.25, 0.3) is 5.91 Å². The topological polar surface area (TPSA) is 64.1 Å². The van der Waals surface area contributed by atoms with Crippen molar-refractivity contribution >= 4 is 46.3 Å². The molecule has 0 atom stereocenters. The first kappa shape index (κ1) is 17.7. The van der Waals surface area contributed by atoms with Crippen LogP contribution in [-0.2, 0) is 6.61 Å². The molecule has 25 heavy (non-hydrogen) atoms. The molecule has 0 fully saturated rings. The number of thioether (sulfide) groups is 1. The maximum atomic E-state index is 12.2. The van der Waals surface area contributed by atoms with Crippen LogP contribution < -0.4 is 10.1 Å². The summed E-state index contributed by atoms with van der Waals surface area (Å²) in [6, 6.07) is 10.8. The van der Waals surface area contributed by atoms with Gasteiger partial charge in [-0.05, 0) is 42.7 Å². The predicted molar refractivity (Wildman–Crippen MR) is 102 cm³/mol. The second-order valence-electron chi connectivity index (χ2n) is 4.91. The first-order valence-electron chi connectivity index (χ1n) is 7.28. The Labute approximate surface area is 158 Å². The number of rotatable bonds is 6. The van der Waals surface area contributed by atoms with Crippen LogP contribution in [-0.4, -0.2) is 22.1 Å². The Kier molecular flexibility index (Phi) is 5.91. The lowest BCUT2D eigenvalue weighted by molar-refractivity contribution is 0.102. The van der Waals surface area contributed by atoms with Gasteiger partial charge in [-0.15, -0.1) is 23.1 Å². The molecule has 0 bridgehead atoms. The second-order valence-corrected chi connectivity index (χ2v) is 7.12. The van der Waals surface area contributed by atoms with Crippen LogP contribution in [0.2, 0.25) is 5.02 Å². The Bertz CT molecular complexity index is 851. The minimum Gasteiger partial charge on any atom is -0.486 e. The maximum Gasteiger partial charge on any atom is 0.275 e. The first-order valence-corrected chi connectivity index (χ1v) is 9.76. The van der Waals surface area contributed by atoms with Gasteiger partial charge in [0, 0.05) is 10.4 Å². The van der Waals surface area contributed by atoms with Gasteiger partial charge in [0.2, 0.25) is 0 Å². The van der Waals surface area contributed by atoms with Crippen LogP contribution in [0.1, 0.15) is 15.5 Å². The van der Waals surface area contributed by atoms with E-state index < -0.39 is 0 Å². The average molecular weight is 392 g/mol. The number of halogens is 1. The summed E-state index contributed by atoms with van der Waals surface area (Å²) in [7, 11) is 0. The minimum atomic E-state index is -0.271.